The number of hydrogen-bond donors (Lipinski definition) is 0. The molecule has 17 heavy (non-hydrogen) atoms. The summed E-state index contributed by atoms with van der Waals surface area (Å²) in [4.78, 5) is 18.6. The Morgan fingerprint density at radius 2 is 1.88 bits per heavy atom. The van der Waals surface area contributed by atoms with Crippen molar-refractivity contribution < 1.29 is 4.79 Å². The number of rotatable bonds is 1. The number of fused-ring (bicyclic) bond motifs is 1. The molecule has 0 radical (unpaired) electrons. The molecule has 0 N–H and O–H groups in total. The zero-order chi connectivity index (χ0) is 11.7. The summed E-state index contributed by atoms with van der Waals surface area (Å²) < 4.78 is 0. The molecule has 0 unspecified atom stereocenters. The van der Waals surface area contributed by atoms with E-state index in [0.29, 0.717) is 0 Å². The Bertz CT molecular complexity index is 554. The van der Waals surface area contributed by atoms with Gasteiger partial charge in [0.1, 0.15) is 0 Å². The molecule has 2 aromatic rings. The minimum absolute atomic E-state index is 0.140. The van der Waals surface area contributed by atoms with Crippen LogP contribution in [0.25, 0.3) is 10.9 Å². The van der Waals surface area contributed by atoms with Gasteiger partial charge in [-0.1, -0.05) is 18.2 Å². The van der Waals surface area contributed by atoms with Gasteiger partial charge in [-0.2, -0.15) is 0 Å². The van der Waals surface area contributed by atoms with E-state index in [1.165, 1.54) is 0 Å². The molecule has 0 aliphatic carbocycles. The third-order valence-corrected chi connectivity index (χ3v) is 3.27. The number of likely N-dealkylation sites (tertiary alicyclic amines) is 1. The first kappa shape index (κ1) is 10.3. The van der Waals surface area contributed by atoms with Gasteiger partial charge in [0.2, 0.25) is 0 Å². The molecular formula is C14H14N2O. The van der Waals surface area contributed by atoms with Crippen molar-refractivity contribution in [1.82, 2.24) is 9.88 Å². The predicted molar refractivity (Wildman–Crippen MR) is 66.9 cm³/mol. The Hall–Kier alpha value is -1.90. The number of carbonyl (C=O) groups excluding carboxylic acids is 1. The second kappa shape index (κ2) is 4.17. The molecule has 2 heterocycles. The SMILES string of the molecule is O=C(c1ccnc2ccccc12)N1CCCC1. The van der Waals surface area contributed by atoms with E-state index in [4.69, 9.17) is 0 Å². The molecule has 0 atom stereocenters. The van der Waals surface area contributed by atoms with Crippen LogP contribution in [-0.4, -0.2) is 28.9 Å². The molecule has 86 valence electrons. The second-order valence-corrected chi connectivity index (χ2v) is 4.37. The van der Waals surface area contributed by atoms with Crippen molar-refractivity contribution in [3.05, 3.63) is 42.1 Å². The molecule has 3 rings (SSSR count). The van der Waals surface area contributed by atoms with E-state index in [-0.39, 0.29) is 5.91 Å². The lowest BCUT2D eigenvalue weighted by Gasteiger charge is -2.16. The molecule has 1 saturated heterocycles. The monoisotopic (exact) mass is 226 g/mol. The van der Waals surface area contributed by atoms with E-state index in [1.807, 2.05) is 35.2 Å². The highest BCUT2D eigenvalue weighted by Gasteiger charge is 2.20. The molecule has 0 spiro atoms. The van der Waals surface area contributed by atoms with Crippen LogP contribution in [0.1, 0.15) is 23.2 Å². The fourth-order valence-corrected chi connectivity index (χ4v) is 2.37. The molecule has 1 amide bonds. The molecule has 1 aromatic heterocycles. The topological polar surface area (TPSA) is 33.2 Å². The van der Waals surface area contributed by atoms with Crippen LogP contribution in [0, 0.1) is 0 Å². The van der Waals surface area contributed by atoms with Gasteiger partial charge < -0.3 is 4.90 Å². The Labute approximate surface area is 100 Å². The lowest BCUT2D eigenvalue weighted by Crippen LogP contribution is -2.27. The van der Waals surface area contributed by atoms with Gasteiger partial charge in [0, 0.05) is 24.7 Å². The summed E-state index contributed by atoms with van der Waals surface area (Å²) in [6.45, 7) is 1.77. The van der Waals surface area contributed by atoms with E-state index in [0.717, 1.165) is 42.4 Å². The maximum atomic E-state index is 12.4. The fourth-order valence-electron chi connectivity index (χ4n) is 2.37. The number of amides is 1. The first-order chi connectivity index (χ1) is 8.36. The minimum atomic E-state index is 0.140. The van der Waals surface area contributed by atoms with Gasteiger partial charge in [0.25, 0.3) is 5.91 Å². The van der Waals surface area contributed by atoms with Gasteiger partial charge in [0.15, 0.2) is 0 Å². The lowest BCUT2D eigenvalue weighted by molar-refractivity contribution is 0.0794. The number of hydrogen-bond acceptors (Lipinski definition) is 2. The number of aromatic nitrogens is 1. The van der Waals surface area contributed by atoms with Gasteiger partial charge in [-0.15, -0.1) is 0 Å². The Morgan fingerprint density at radius 1 is 1.12 bits per heavy atom. The van der Waals surface area contributed by atoms with Crippen molar-refractivity contribution in [3.63, 3.8) is 0 Å². The smallest absolute Gasteiger partial charge is 0.254 e. The maximum absolute atomic E-state index is 12.4. The van der Waals surface area contributed by atoms with Crippen LogP contribution in [0.5, 0.6) is 0 Å². The average Bonchev–Trinajstić information content (AvgIpc) is 2.91. The van der Waals surface area contributed by atoms with Crippen molar-refractivity contribution in [3.8, 4) is 0 Å². The zero-order valence-electron chi connectivity index (χ0n) is 9.60. The predicted octanol–water partition coefficient (Wildman–Crippen LogP) is 2.47. The number of benzene rings is 1. The molecule has 1 fully saturated rings. The summed E-state index contributed by atoms with van der Waals surface area (Å²) in [5.41, 5.74) is 1.66. The summed E-state index contributed by atoms with van der Waals surface area (Å²) >= 11 is 0. The summed E-state index contributed by atoms with van der Waals surface area (Å²) in [6, 6.07) is 9.62. The quantitative estimate of drug-likeness (QED) is 0.748. The third kappa shape index (κ3) is 1.78. The van der Waals surface area contributed by atoms with Crippen LogP contribution in [-0.2, 0) is 0 Å². The van der Waals surface area contributed by atoms with Crippen LogP contribution in [0.2, 0.25) is 0 Å². The molecule has 1 aliphatic heterocycles. The molecule has 3 nitrogen and oxygen atoms in total. The molecule has 1 aliphatic rings. The summed E-state index contributed by atoms with van der Waals surface area (Å²) in [5, 5.41) is 0.951. The summed E-state index contributed by atoms with van der Waals surface area (Å²) in [6.07, 6.45) is 3.95. The Morgan fingerprint density at radius 3 is 2.71 bits per heavy atom. The van der Waals surface area contributed by atoms with E-state index < -0.39 is 0 Å². The molecular weight excluding hydrogens is 212 g/mol. The molecule has 1 aromatic carbocycles. The maximum Gasteiger partial charge on any atom is 0.254 e. The normalized spacial score (nSPS) is 15.4. The molecule has 3 heteroatoms. The number of pyridine rings is 1. The second-order valence-electron chi connectivity index (χ2n) is 4.37. The van der Waals surface area contributed by atoms with Crippen molar-refractivity contribution in [2.24, 2.45) is 0 Å². The van der Waals surface area contributed by atoms with Gasteiger partial charge in [-0.05, 0) is 25.0 Å². The van der Waals surface area contributed by atoms with E-state index in [9.17, 15) is 4.79 Å². The van der Waals surface area contributed by atoms with E-state index in [2.05, 4.69) is 4.98 Å². The lowest BCUT2D eigenvalue weighted by atomic mass is 10.1. The van der Waals surface area contributed by atoms with Crippen molar-refractivity contribution >= 4 is 16.8 Å². The van der Waals surface area contributed by atoms with Crippen LogP contribution in [0.4, 0.5) is 0 Å². The third-order valence-electron chi connectivity index (χ3n) is 3.27. The van der Waals surface area contributed by atoms with Crippen molar-refractivity contribution in [1.29, 1.82) is 0 Å². The van der Waals surface area contributed by atoms with E-state index >= 15 is 0 Å². The Balaban J connectivity index is 2.07. The largest absolute Gasteiger partial charge is 0.339 e. The average molecular weight is 226 g/mol. The summed E-state index contributed by atoms with van der Waals surface area (Å²) in [5.74, 6) is 0.140. The van der Waals surface area contributed by atoms with Crippen LogP contribution >= 0.6 is 0 Å². The fraction of sp³-hybridized carbons (Fsp3) is 0.286. The van der Waals surface area contributed by atoms with Crippen LogP contribution < -0.4 is 0 Å². The van der Waals surface area contributed by atoms with Gasteiger partial charge >= 0.3 is 0 Å². The minimum Gasteiger partial charge on any atom is -0.339 e. The molecule has 0 saturated carbocycles. The van der Waals surface area contributed by atoms with Crippen LogP contribution in [0.3, 0.4) is 0 Å². The van der Waals surface area contributed by atoms with Gasteiger partial charge in [0.05, 0.1) is 11.1 Å². The van der Waals surface area contributed by atoms with Crippen molar-refractivity contribution in [2.75, 3.05) is 13.1 Å². The van der Waals surface area contributed by atoms with Crippen LogP contribution in [0.15, 0.2) is 36.5 Å². The zero-order valence-corrected chi connectivity index (χ0v) is 9.60. The Kier molecular flexibility index (Phi) is 2.52. The first-order valence-electron chi connectivity index (χ1n) is 5.99. The first-order valence-corrected chi connectivity index (χ1v) is 5.99. The highest BCUT2D eigenvalue weighted by Crippen LogP contribution is 2.20. The van der Waals surface area contributed by atoms with Gasteiger partial charge in [-0.3, -0.25) is 9.78 Å². The van der Waals surface area contributed by atoms with E-state index in [1.54, 1.807) is 6.20 Å². The van der Waals surface area contributed by atoms with Crippen molar-refractivity contribution in [2.45, 2.75) is 12.8 Å². The molecule has 0 bridgehead atoms. The van der Waals surface area contributed by atoms with Gasteiger partial charge in [-0.25, -0.2) is 0 Å². The number of carbonyl (C=O) groups is 1. The number of nitrogens with zero attached hydrogens (tertiary/aromatic N) is 2. The summed E-state index contributed by atoms with van der Waals surface area (Å²) in [7, 11) is 0. The number of para-hydroxylation sites is 1. The highest BCUT2D eigenvalue weighted by molar-refractivity contribution is 6.06. The standard InChI is InChI=1S/C14H14N2O/c17-14(16-9-3-4-10-16)12-7-8-15-13-6-2-1-5-11(12)13/h1-2,5-8H,3-4,9-10H2. The highest BCUT2D eigenvalue weighted by atomic mass is 16.2.